The van der Waals surface area contributed by atoms with Gasteiger partial charge in [-0.25, -0.2) is 9.18 Å². The fourth-order valence-electron chi connectivity index (χ4n) is 2.26. The first kappa shape index (κ1) is 17.1. The van der Waals surface area contributed by atoms with E-state index in [0.29, 0.717) is 23.5 Å². The lowest BCUT2D eigenvalue weighted by atomic mass is 9.92. The van der Waals surface area contributed by atoms with Crippen LogP contribution < -0.4 is 5.32 Å². The second kappa shape index (κ2) is 7.87. The van der Waals surface area contributed by atoms with Gasteiger partial charge in [-0.2, -0.15) is 11.8 Å². The van der Waals surface area contributed by atoms with Gasteiger partial charge in [0.05, 0.1) is 0 Å². The molecule has 0 unspecified atom stereocenters. The van der Waals surface area contributed by atoms with E-state index in [0.717, 1.165) is 11.5 Å². The van der Waals surface area contributed by atoms with Crippen molar-refractivity contribution < 1.29 is 19.1 Å². The maximum atomic E-state index is 13.5. The molecule has 0 aliphatic carbocycles. The lowest BCUT2D eigenvalue weighted by Gasteiger charge is -2.33. The molecular weight excluding hydrogens is 325 g/mol. The number of carboxylic acid groups (broad SMARTS) is 1. The SMILES string of the molecule is O=C(CCSc1ccccc1F)NC1(C(=O)O)CCSCC1. The van der Waals surface area contributed by atoms with E-state index < -0.39 is 11.5 Å². The van der Waals surface area contributed by atoms with E-state index in [4.69, 9.17) is 0 Å². The van der Waals surface area contributed by atoms with Crippen LogP contribution in [-0.4, -0.2) is 39.8 Å². The summed E-state index contributed by atoms with van der Waals surface area (Å²) in [6, 6.07) is 6.39. The number of hydrogen-bond acceptors (Lipinski definition) is 4. The van der Waals surface area contributed by atoms with Crippen molar-refractivity contribution in [1.82, 2.24) is 5.32 Å². The molecule has 1 aliphatic heterocycles. The van der Waals surface area contributed by atoms with Crippen LogP contribution in [0.25, 0.3) is 0 Å². The van der Waals surface area contributed by atoms with Crippen LogP contribution >= 0.6 is 23.5 Å². The van der Waals surface area contributed by atoms with E-state index in [1.54, 1.807) is 30.0 Å². The van der Waals surface area contributed by atoms with Gasteiger partial charge in [0.2, 0.25) is 5.91 Å². The zero-order chi connectivity index (χ0) is 16.0. The van der Waals surface area contributed by atoms with Gasteiger partial charge in [-0.1, -0.05) is 12.1 Å². The van der Waals surface area contributed by atoms with Crippen molar-refractivity contribution >= 4 is 35.4 Å². The van der Waals surface area contributed by atoms with E-state index in [-0.39, 0.29) is 18.1 Å². The Balaban J connectivity index is 1.84. The summed E-state index contributed by atoms with van der Waals surface area (Å²) in [6.45, 7) is 0. The average molecular weight is 343 g/mol. The van der Waals surface area contributed by atoms with Crippen LogP contribution in [0.15, 0.2) is 29.2 Å². The van der Waals surface area contributed by atoms with Crippen molar-refractivity contribution in [2.24, 2.45) is 0 Å². The quantitative estimate of drug-likeness (QED) is 0.778. The minimum atomic E-state index is -1.13. The minimum Gasteiger partial charge on any atom is -0.480 e. The van der Waals surface area contributed by atoms with Crippen molar-refractivity contribution in [1.29, 1.82) is 0 Å². The molecule has 1 fully saturated rings. The molecule has 7 heteroatoms. The van der Waals surface area contributed by atoms with Gasteiger partial charge < -0.3 is 10.4 Å². The maximum Gasteiger partial charge on any atom is 0.329 e. The van der Waals surface area contributed by atoms with E-state index in [9.17, 15) is 19.1 Å². The predicted octanol–water partition coefficient (Wildman–Crippen LogP) is 2.77. The molecule has 1 heterocycles. The molecule has 0 radical (unpaired) electrons. The Morgan fingerprint density at radius 3 is 2.64 bits per heavy atom. The molecule has 0 aromatic heterocycles. The van der Waals surface area contributed by atoms with Crippen molar-refractivity contribution in [3.63, 3.8) is 0 Å². The van der Waals surface area contributed by atoms with Crippen LogP contribution in [0.4, 0.5) is 4.39 Å². The van der Waals surface area contributed by atoms with Gasteiger partial charge in [-0.3, -0.25) is 4.79 Å². The highest BCUT2D eigenvalue weighted by Gasteiger charge is 2.41. The van der Waals surface area contributed by atoms with Gasteiger partial charge in [0.1, 0.15) is 11.4 Å². The highest BCUT2D eigenvalue weighted by atomic mass is 32.2. The highest BCUT2D eigenvalue weighted by molar-refractivity contribution is 7.99. The molecule has 1 aromatic carbocycles. The largest absolute Gasteiger partial charge is 0.480 e. The average Bonchev–Trinajstić information content (AvgIpc) is 2.50. The summed E-state index contributed by atoms with van der Waals surface area (Å²) in [5, 5.41) is 12.1. The third kappa shape index (κ3) is 4.39. The van der Waals surface area contributed by atoms with Gasteiger partial charge >= 0.3 is 5.97 Å². The number of carboxylic acids is 1. The fourth-order valence-corrected chi connectivity index (χ4v) is 4.33. The zero-order valence-electron chi connectivity index (χ0n) is 12.0. The summed E-state index contributed by atoms with van der Waals surface area (Å²) in [7, 11) is 0. The molecule has 1 amide bonds. The van der Waals surface area contributed by atoms with Crippen molar-refractivity contribution in [3.8, 4) is 0 Å². The number of rotatable bonds is 6. The number of aliphatic carboxylic acids is 1. The summed E-state index contributed by atoms with van der Waals surface area (Å²) in [5.74, 6) is 0.310. The van der Waals surface area contributed by atoms with E-state index in [1.807, 2.05) is 0 Å². The van der Waals surface area contributed by atoms with E-state index in [2.05, 4.69) is 5.32 Å². The van der Waals surface area contributed by atoms with Gasteiger partial charge in [0.25, 0.3) is 0 Å². The summed E-state index contributed by atoms with van der Waals surface area (Å²) >= 11 is 2.96. The molecule has 1 aromatic rings. The van der Waals surface area contributed by atoms with Gasteiger partial charge in [0.15, 0.2) is 0 Å². The molecule has 2 N–H and O–H groups in total. The summed E-state index contributed by atoms with van der Waals surface area (Å²) in [6.07, 6.45) is 1.06. The number of carbonyl (C=O) groups is 2. The topological polar surface area (TPSA) is 66.4 Å². The zero-order valence-corrected chi connectivity index (χ0v) is 13.6. The smallest absolute Gasteiger partial charge is 0.329 e. The molecule has 120 valence electrons. The summed E-state index contributed by atoms with van der Waals surface area (Å²) < 4.78 is 13.5. The molecule has 1 aliphatic rings. The summed E-state index contributed by atoms with van der Waals surface area (Å²) in [5.41, 5.74) is -1.13. The van der Waals surface area contributed by atoms with Crippen molar-refractivity contribution in [3.05, 3.63) is 30.1 Å². The molecule has 4 nitrogen and oxygen atoms in total. The highest BCUT2D eigenvalue weighted by Crippen LogP contribution is 2.28. The van der Waals surface area contributed by atoms with Crippen LogP contribution in [0, 0.1) is 5.82 Å². The molecule has 1 saturated heterocycles. The van der Waals surface area contributed by atoms with Crippen LogP contribution in [-0.2, 0) is 9.59 Å². The normalized spacial score (nSPS) is 17.0. The first-order valence-electron chi connectivity index (χ1n) is 7.03. The molecular formula is C15H18FNO3S2. The Labute approximate surface area is 137 Å². The first-order valence-corrected chi connectivity index (χ1v) is 9.17. The molecule has 22 heavy (non-hydrogen) atoms. The molecule has 0 atom stereocenters. The van der Waals surface area contributed by atoms with Crippen LogP contribution in [0.5, 0.6) is 0 Å². The number of amides is 1. The number of hydrogen-bond donors (Lipinski definition) is 2. The number of thioether (sulfide) groups is 2. The Kier molecular flexibility index (Phi) is 6.14. The van der Waals surface area contributed by atoms with Gasteiger partial charge in [0, 0.05) is 17.1 Å². The Morgan fingerprint density at radius 1 is 1.32 bits per heavy atom. The number of carbonyl (C=O) groups excluding carboxylic acids is 1. The third-order valence-electron chi connectivity index (χ3n) is 3.56. The first-order chi connectivity index (χ1) is 10.5. The number of nitrogens with one attached hydrogen (secondary N) is 1. The van der Waals surface area contributed by atoms with Gasteiger partial charge in [-0.05, 0) is 36.5 Å². The summed E-state index contributed by atoms with van der Waals surface area (Å²) in [4.78, 5) is 24.0. The lowest BCUT2D eigenvalue weighted by molar-refractivity contribution is -0.148. The molecule has 2 rings (SSSR count). The lowest BCUT2D eigenvalue weighted by Crippen LogP contribution is -2.56. The molecule has 0 bridgehead atoms. The minimum absolute atomic E-state index is 0.168. The molecule has 0 spiro atoms. The van der Waals surface area contributed by atoms with Crippen molar-refractivity contribution in [2.75, 3.05) is 17.3 Å². The Bertz CT molecular complexity index is 547. The van der Waals surface area contributed by atoms with Crippen LogP contribution in [0.1, 0.15) is 19.3 Å². The number of benzene rings is 1. The Morgan fingerprint density at radius 2 is 2.00 bits per heavy atom. The fraction of sp³-hybridized carbons (Fsp3) is 0.467. The standard InChI is InChI=1S/C15H18FNO3S2/c16-11-3-1-2-4-12(11)22-8-5-13(18)17-15(14(19)20)6-9-21-10-7-15/h1-4H,5-10H2,(H,17,18)(H,19,20). The van der Waals surface area contributed by atoms with Crippen molar-refractivity contribution in [2.45, 2.75) is 29.7 Å². The van der Waals surface area contributed by atoms with Crippen LogP contribution in [0.2, 0.25) is 0 Å². The van der Waals surface area contributed by atoms with E-state index in [1.165, 1.54) is 17.8 Å². The monoisotopic (exact) mass is 343 g/mol. The van der Waals surface area contributed by atoms with E-state index >= 15 is 0 Å². The molecule has 0 saturated carbocycles. The van der Waals surface area contributed by atoms with Gasteiger partial charge in [-0.15, -0.1) is 11.8 Å². The second-order valence-electron chi connectivity index (χ2n) is 5.08. The second-order valence-corrected chi connectivity index (χ2v) is 7.44. The Hall–Kier alpha value is -1.21. The third-order valence-corrected chi connectivity index (χ3v) is 5.59. The van der Waals surface area contributed by atoms with Crippen LogP contribution in [0.3, 0.4) is 0 Å². The maximum absolute atomic E-state index is 13.5. The number of halogens is 1. The predicted molar refractivity (Wildman–Crippen MR) is 86.8 cm³/mol.